The first-order valence-electron chi connectivity index (χ1n) is 6.23. The zero-order chi connectivity index (χ0) is 14.1. The summed E-state index contributed by atoms with van der Waals surface area (Å²) >= 11 is 6.03. The van der Waals surface area contributed by atoms with Crippen molar-refractivity contribution in [3.8, 4) is 5.75 Å². The number of fused-ring (bicyclic) bond motifs is 1. The molecule has 0 fully saturated rings. The molecule has 3 nitrogen and oxygen atoms in total. The number of ketones is 1. The fourth-order valence-corrected chi connectivity index (χ4v) is 2.59. The van der Waals surface area contributed by atoms with Gasteiger partial charge in [0.25, 0.3) is 0 Å². The van der Waals surface area contributed by atoms with E-state index in [4.69, 9.17) is 16.3 Å². The maximum absolute atomic E-state index is 13.6. The molecule has 1 aliphatic heterocycles. The van der Waals surface area contributed by atoms with Gasteiger partial charge in [0.1, 0.15) is 11.4 Å². The molecule has 2 aromatic rings. The van der Waals surface area contributed by atoms with Gasteiger partial charge in [-0.1, -0.05) is 11.6 Å². The summed E-state index contributed by atoms with van der Waals surface area (Å²) in [6.07, 6.45) is 2.20. The quantitative estimate of drug-likeness (QED) is 0.815. The number of nitrogens with zero attached hydrogens (tertiary/aromatic N) is 1. The normalized spacial score (nSPS) is 12.9. The topological polar surface area (TPSA) is 39.2 Å². The van der Waals surface area contributed by atoms with E-state index < -0.39 is 5.82 Å². The van der Waals surface area contributed by atoms with Crippen LogP contribution in [0.5, 0.6) is 5.75 Å². The Balaban J connectivity index is 1.93. The molecule has 1 aromatic carbocycles. The molecule has 0 spiro atoms. The highest BCUT2D eigenvalue weighted by Crippen LogP contribution is 2.33. The molecule has 0 saturated carbocycles. The molecule has 1 aromatic heterocycles. The van der Waals surface area contributed by atoms with Gasteiger partial charge in [0.2, 0.25) is 0 Å². The van der Waals surface area contributed by atoms with Crippen LogP contribution in [0.2, 0.25) is 5.02 Å². The second kappa shape index (κ2) is 5.21. The van der Waals surface area contributed by atoms with Crippen LogP contribution in [0.1, 0.15) is 21.6 Å². The summed E-state index contributed by atoms with van der Waals surface area (Å²) in [6.45, 7) is 0.578. The Morgan fingerprint density at radius 3 is 3.10 bits per heavy atom. The first-order valence-corrected chi connectivity index (χ1v) is 6.61. The van der Waals surface area contributed by atoms with E-state index in [1.165, 1.54) is 18.3 Å². The summed E-state index contributed by atoms with van der Waals surface area (Å²) in [6, 6.07) is 6.19. The molecule has 0 aliphatic carbocycles. The minimum absolute atomic E-state index is 0.0246. The monoisotopic (exact) mass is 291 g/mol. The molecular formula is C15H11ClFNO2. The Hall–Kier alpha value is -1.94. The maximum atomic E-state index is 13.6. The van der Waals surface area contributed by atoms with Crippen LogP contribution >= 0.6 is 11.6 Å². The predicted molar refractivity (Wildman–Crippen MR) is 72.9 cm³/mol. The Kier molecular flexibility index (Phi) is 3.40. The number of pyridine rings is 1. The zero-order valence-corrected chi connectivity index (χ0v) is 11.3. The van der Waals surface area contributed by atoms with E-state index in [1.807, 2.05) is 6.07 Å². The fourth-order valence-electron chi connectivity index (χ4n) is 2.32. The molecule has 20 heavy (non-hydrogen) atoms. The van der Waals surface area contributed by atoms with Crippen LogP contribution in [0.4, 0.5) is 4.39 Å². The number of benzene rings is 1. The van der Waals surface area contributed by atoms with Gasteiger partial charge in [-0.15, -0.1) is 0 Å². The average Bonchev–Trinajstić information content (AvgIpc) is 2.87. The second-order valence-electron chi connectivity index (χ2n) is 4.59. The molecule has 0 amide bonds. The third kappa shape index (κ3) is 2.39. The number of carbonyl (C=O) groups is 1. The molecule has 0 bridgehead atoms. The van der Waals surface area contributed by atoms with Crippen molar-refractivity contribution in [2.75, 3.05) is 6.61 Å². The summed E-state index contributed by atoms with van der Waals surface area (Å²) in [4.78, 5) is 15.9. The molecule has 102 valence electrons. The number of ether oxygens (including phenoxy) is 1. The van der Waals surface area contributed by atoms with Crippen LogP contribution in [-0.4, -0.2) is 17.4 Å². The minimum atomic E-state index is -0.614. The van der Waals surface area contributed by atoms with Crippen LogP contribution in [-0.2, 0) is 12.8 Å². The number of carbonyl (C=O) groups excluding carboxylic acids is 1. The van der Waals surface area contributed by atoms with Crippen LogP contribution in [0.25, 0.3) is 0 Å². The Labute approximate surface area is 120 Å². The Morgan fingerprint density at radius 1 is 1.45 bits per heavy atom. The summed E-state index contributed by atoms with van der Waals surface area (Å²) in [5, 5.41) is 0.554. The maximum Gasteiger partial charge on any atom is 0.188 e. The van der Waals surface area contributed by atoms with Crippen molar-refractivity contribution in [2.45, 2.75) is 12.8 Å². The smallest absolute Gasteiger partial charge is 0.188 e. The van der Waals surface area contributed by atoms with E-state index in [2.05, 4.69) is 4.98 Å². The van der Waals surface area contributed by atoms with E-state index in [-0.39, 0.29) is 17.9 Å². The van der Waals surface area contributed by atoms with Gasteiger partial charge in [-0.3, -0.25) is 9.78 Å². The summed E-state index contributed by atoms with van der Waals surface area (Å²) in [5.41, 5.74) is 1.51. The summed E-state index contributed by atoms with van der Waals surface area (Å²) in [7, 11) is 0. The molecule has 5 heteroatoms. The molecule has 3 rings (SSSR count). The lowest BCUT2D eigenvalue weighted by Crippen LogP contribution is -2.09. The van der Waals surface area contributed by atoms with Gasteiger partial charge < -0.3 is 4.74 Å². The van der Waals surface area contributed by atoms with Crippen molar-refractivity contribution >= 4 is 17.4 Å². The highest BCUT2D eigenvalue weighted by Gasteiger charge is 2.21. The fraction of sp³-hybridized carbons (Fsp3) is 0.200. The lowest BCUT2D eigenvalue weighted by atomic mass is 10.0. The van der Waals surface area contributed by atoms with Crippen LogP contribution in [0.15, 0.2) is 30.5 Å². The van der Waals surface area contributed by atoms with Crippen molar-refractivity contribution in [1.29, 1.82) is 0 Å². The van der Waals surface area contributed by atoms with Crippen molar-refractivity contribution in [2.24, 2.45) is 0 Å². The first kappa shape index (κ1) is 13.1. The van der Waals surface area contributed by atoms with Gasteiger partial charge in [0.15, 0.2) is 11.6 Å². The molecule has 0 unspecified atom stereocenters. The average molecular weight is 292 g/mol. The van der Waals surface area contributed by atoms with E-state index in [9.17, 15) is 9.18 Å². The molecule has 0 N–H and O–H groups in total. The number of halogens is 2. The molecule has 0 saturated heterocycles. The number of hydrogen-bond donors (Lipinski definition) is 0. The summed E-state index contributed by atoms with van der Waals surface area (Å²) in [5.74, 6) is -0.306. The number of Topliss-reactive ketones (excluding diaryl/α,β-unsaturated/α-hetero) is 1. The van der Waals surface area contributed by atoms with Gasteiger partial charge in [0, 0.05) is 29.6 Å². The Bertz CT molecular complexity index is 688. The zero-order valence-electron chi connectivity index (χ0n) is 10.5. The van der Waals surface area contributed by atoms with E-state index in [0.29, 0.717) is 22.9 Å². The van der Waals surface area contributed by atoms with Crippen LogP contribution < -0.4 is 4.74 Å². The molecular weight excluding hydrogens is 281 g/mol. The van der Waals surface area contributed by atoms with Gasteiger partial charge in [-0.25, -0.2) is 4.39 Å². The molecule has 0 atom stereocenters. The highest BCUT2D eigenvalue weighted by atomic mass is 35.5. The molecule has 0 radical (unpaired) electrons. The number of aromatic nitrogens is 1. The van der Waals surface area contributed by atoms with Crippen molar-refractivity contribution in [3.05, 3.63) is 58.1 Å². The van der Waals surface area contributed by atoms with Crippen molar-refractivity contribution in [3.63, 3.8) is 0 Å². The highest BCUT2D eigenvalue weighted by molar-refractivity contribution is 6.30. The lowest BCUT2D eigenvalue weighted by Gasteiger charge is -2.08. The largest absolute Gasteiger partial charge is 0.493 e. The summed E-state index contributed by atoms with van der Waals surface area (Å²) < 4.78 is 19.1. The lowest BCUT2D eigenvalue weighted by molar-refractivity contribution is 0.0983. The van der Waals surface area contributed by atoms with Crippen LogP contribution in [0, 0.1) is 5.82 Å². The minimum Gasteiger partial charge on any atom is -0.493 e. The van der Waals surface area contributed by atoms with Crippen molar-refractivity contribution < 1.29 is 13.9 Å². The molecule has 2 heterocycles. The third-order valence-electron chi connectivity index (χ3n) is 3.20. The van der Waals surface area contributed by atoms with Gasteiger partial charge >= 0.3 is 0 Å². The third-order valence-corrected chi connectivity index (χ3v) is 3.42. The van der Waals surface area contributed by atoms with E-state index >= 15 is 0 Å². The second-order valence-corrected chi connectivity index (χ2v) is 5.02. The van der Waals surface area contributed by atoms with Gasteiger partial charge in [-0.2, -0.15) is 0 Å². The molecule has 1 aliphatic rings. The SMILES string of the molecule is O=C(Cc1cc(Cl)cc2c1OCC2)c1ncccc1F. The standard InChI is InChI=1S/C15H11ClFNO2/c16-11-6-9-3-5-20-15(9)10(7-11)8-13(19)14-12(17)2-1-4-18-14/h1-2,4,6-7H,3,5,8H2. The predicted octanol–water partition coefficient (Wildman–Crippen LogP) is 3.23. The van der Waals surface area contributed by atoms with E-state index in [0.717, 1.165) is 12.0 Å². The number of hydrogen-bond acceptors (Lipinski definition) is 3. The van der Waals surface area contributed by atoms with Crippen molar-refractivity contribution in [1.82, 2.24) is 4.98 Å². The Morgan fingerprint density at radius 2 is 2.30 bits per heavy atom. The number of rotatable bonds is 3. The van der Waals surface area contributed by atoms with E-state index in [1.54, 1.807) is 6.07 Å². The first-order chi connectivity index (χ1) is 9.65. The van der Waals surface area contributed by atoms with Gasteiger partial charge in [0.05, 0.1) is 6.61 Å². The van der Waals surface area contributed by atoms with Gasteiger partial charge in [-0.05, 0) is 29.8 Å². The van der Waals surface area contributed by atoms with Crippen LogP contribution in [0.3, 0.4) is 0 Å².